The number of furan rings is 1. The molecule has 0 radical (unpaired) electrons. The summed E-state index contributed by atoms with van der Waals surface area (Å²) in [6.07, 6.45) is 0. The standard InChI is InChI=1S/C9H9NO3S/c1-2-12-8(11)6-14-9-4-3-7(5-10)13-9/h3-4H,2,6H2,1H3. The van der Waals surface area contributed by atoms with Gasteiger partial charge in [0.15, 0.2) is 5.09 Å². The van der Waals surface area contributed by atoms with Crippen molar-refractivity contribution >= 4 is 17.7 Å². The molecule has 1 heterocycles. The maximum atomic E-state index is 10.9. The van der Waals surface area contributed by atoms with Crippen LogP contribution < -0.4 is 0 Å². The quantitative estimate of drug-likeness (QED) is 0.561. The summed E-state index contributed by atoms with van der Waals surface area (Å²) >= 11 is 1.21. The molecule has 0 aliphatic heterocycles. The molecule has 0 saturated heterocycles. The van der Waals surface area contributed by atoms with Gasteiger partial charge < -0.3 is 9.15 Å². The lowest BCUT2D eigenvalue weighted by molar-refractivity contribution is -0.139. The molecule has 0 aliphatic carbocycles. The molecule has 4 nitrogen and oxygen atoms in total. The fraction of sp³-hybridized carbons (Fsp3) is 0.333. The molecular weight excluding hydrogens is 202 g/mol. The highest BCUT2D eigenvalue weighted by Crippen LogP contribution is 2.20. The molecule has 0 aromatic carbocycles. The summed E-state index contributed by atoms with van der Waals surface area (Å²) in [5.41, 5.74) is 0. The fourth-order valence-corrected chi connectivity index (χ4v) is 1.45. The van der Waals surface area contributed by atoms with E-state index in [4.69, 9.17) is 14.4 Å². The lowest BCUT2D eigenvalue weighted by atomic mass is 10.5. The Morgan fingerprint density at radius 1 is 1.71 bits per heavy atom. The minimum atomic E-state index is -0.285. The minimum Gasteiger partial charge on any atom is -0.465 e. The molecule has 0 fully saturated rings. The van der Waals surface area contributed by atoms with E-state index in [2.05, 4.69) is 0 Å². The smallest absolute Gasteiger partial charge is 0.316 e. The van der Waals surface area contributed by atoms with Crippen LogP contribution >= 0.6 is 11.8 Å². The summed E-state index contributed by atoms with van der Waals surface area (Å²) < 4.78 is 9.79. The number of carbonyl (C=O) groups is 1. The average molecular weight is 211 g/mol. The van der Waals surface area contributed by atoms with E-state index in [9.17, 15) is 4.79 Å². The van der Waals surface area contributed by atoms with Gasteiger partial charge in [-0.1, -0.05) is 11.8 Å². The van der Waals surface area contributed by atoms with Crippen LogP contribution in [0.25, 0.3) is 0 Å². The zero-order chi connectivity index (χ0) is 10.4. The molecule has 5 heteroatoms. The van der Waals surface area contributed by atoms with Crippen molar-refractivity contribution < 1.29 is 13.9 Å². The van der Waals surface area contributed by atoms with Gasteiger partial charge in [0.1, 0.15) is 6.07 Å². The molecule has 1 rings (SSSR count). The van der Waals surface area contributed by atoms with Crippen LogP contribution in [-0.2, 0) is 9.53 Å². The van der Waals surface area contributed by atoms with Crippen LogP contribution in [0.4, 0.5) is 0 Å². The number of carbonyl (C=O) groups excluding carboxylic acids is 1. The number of esters is 1. The van der Waals surface area contributed by atoms with Crippen LogP contribution in [0.1, 0.15) is 12.7 Å². The first kappa shape index (κ1) is 10.7. The van der Waals surface area contributed by atoms with E-state index >= 15 is 0 Å². The molecule has 0 atom stereocenters. The van der Waals surface area contributed by atoms with Crippen LogP contribution in [0, 0.1) is 11.3 Å². The molecule has 0 saturated carbocycles. The molecule has 1 aromatic heterocycles. The van der Waals surface area contributed by atoms with Gasteiger partial charge in [-0.25, -0.2) is 0 Å². The molecule has 0 unspecified atom stereocenters. The van der Waals surface area contributed by atoms with Crippen molar-refractivity contribution in [3.63, 3.8) is 0 Å². The third-order valence-electron chi connectivity index (χ3n) is 1.33. The normalized spacial score (nSPS) is 9.43. The second kappa shape index (κ2) is 5.35. The Morgan fingerprint density at radius 2 is 2.50 bits per heavy atom. The Balaban J connectivity index is 2.38. The van der Waals surface area contributed by atoms with Gasteiger partial charge in [-0.3, -0.25) is 4.79 Å². The third kappa shape index (κ3) is 3.15. The zero-order valence-electron chi connectivity index (χ0n) is 7.65. The number of hydrogen-bond donors (Lipinski definition) is 0. The van der Waals surface area contributed by atoms with Crippen molar-refractivity contribution in [2.24, 2.45) is 0 Å². The van der Waals surface area contributed by atoms with Crippen molar-refractivity contribution in [3.05, 3.63) is 17.9 Å². The van der Waals surface area contributed by atoms with E-state index in [1.807, 2.05) is 6.07 Å². The SMILES string of the molecule is CCOC(=O)CSc1ccc(C#N)o1. The highest BCUT2D eigenvalue weighted by atomic mass is 32.2. The number of ether oxygens (including phenoxy) is 1. The Labute approximate surface area is 85.8 Å². The Morgan fingerprint density at radius 3 is 3.07 bits per heavy atom. The summed E-state index contributed by atoms with van der Waals surface area (Å²) in [5, 5.41) is 9.02. The van der Waals surface area contributed by atoms with Crippen LogP contribution in [0.2, 0.25) is 0 Å². The first-order valence-corrected chi connectivity index (χ1v) is 5.03. The van der Waals surface area contributed by atoms with E-state index in [0.29, 0.717) is 11.7 Å². The van der Waals surface area contributed by atoms with Crippen LogP contribution in [0.15, 0.2) is 21.6 Å². The van der Waals surface area contributed by atoms with E-state index in [1.54, 1.807) is 19.1 Å². The van der Waals surface area contributed by atoms with Crippen molar-refractivity contribution in [2.75, 3.05) is 12.4 Å². The van der Waals surface area contributed by atoms with Crippen molar-refractivity contribution in [3.8, 4) is 6.07 Å². The van der Waals surface area contributed by atoms with Crippen LogP contribution in [0.5, 0.6) is 0 Å². The summed E-state index contributed by atoms with van der Waals surface area (Å²) in [7, 11) is 0. The highest BCUT2D eigenvalue weighted by molar-refractivity contribution is 7.99. The number of hydrogen-bond acceptors (Lipinski definition) is 5. The van der Waals surface area contributed by atoms with E-state index in [0.717, 1.165) is 0 Å². The maximum Gasteiger partial charge on any atom is 0.316 e. The van der Waals surface area contributed by atoms with Gasteiger partial charge in [0.25, 0.3) is 0 Å². The van der Waals surface area contributed by atoms with Gasteiger partial charge in [0.05, 0.1) is 12.4 Å². The lowest BCUT2D eigenvalue weighted by Crippen LogP contribution is -2.06. The highest BCUT2D eigenvalue weighted by Gasteiger charge is 2.06. The lowest BCUT2D eigenvalue weighted by Gasteiger charge is -1.98. The van der Waals surface area contributed by atoms with Crippen molar-refractivity contribution in [1.29, 1.82) is 5.26 Å². The molecule has 0 amide bonds. The van der Waals surface area contributed by atoms with Gasteiger partial charge in [0, 0.05) is 0 Å². The number of thioether (sulfide) groups is 1. The van der Waals surface area contributed by atoms with Gasteiger partial charge in [-0.2, -0.15) is 5.26 Å². The van der Waals surface area contributed by atoms with Gasteiger partial charge in [-0.05, 0) is 19.1 Å². The van der Waals surface area contributed by atoms with E-state index < -0.39 is 0 Å². The molecule has 0 spiro atoms. The molecule has 14 heavy (non-hydrogen) atoms. The topological polar surface area (TPSA) is 63.2 Å². The summed E-state index contributed by atoms with van der Waals surface area (Å²) in [6, 6.07) is 5.08. The first-order valence-electron chi connectivity index (χ1n) is 4.04. The minimum absolute atomic E-state index is 0.201. The summed E-state index contributed by atoms with van der Waals surface area (Å²) in [4.78, 5) is 10.9. The van der Waals surface area contributed by atoms with Crippen molar-refractivity contribution in [2.45, 2.75) is 12.0 Å². The second-order valence-electron chi connectivity index (χ2n) is 2.32. The predicted molar refractivity (Wildman–Crippen MR) is 50.8 cm³/mol. The summed E-state index contributed by atoms with van der Waals surface area (Å²) in [5.74, 6) is 0.162. The summed E-state index contributed by atoms with van der Waals surface area (Å²) in [6.45, 7) is 2.13. The number of nitrogens with zero attached hydrogens (tertiary/aromatic N) is 1. The number of rotatable bonds is 4. The second-order valence-corrected chi connectivity index (χ2v) is 3.30. The molecule has 74 valence electrons. The maximum absolute atomic E-state index is 10.9. The molecule has 0 N–H and O–H groups in total. The first-order chi connectivity index (χ1) is 6.76. The van der Waals surface area contributed by atoms with Gasteiger partial charge in [0.2, 0.25) is 5.76 Å². The van der Waals surface area contributed by atoms with E-state index in [1.165, 1.54) is 11.8 Å². The molecule has 1 aromatic rings. The zero-order valence-corrected chi connectivity index (χ0v) is 8.47. The monoisotopic (exact) mass is 211 g/mol. The average Bonchev–Trinajstić information content (AvgIpc) is 2.63. The number of nitriles is 1. The Kier molecular flexibility index (Phi) is 4.08. The third-order valence-corrected chi connectivity index (χ3v) is 2.21. The van der Waals surface area contributed by atoms with E-state index in [-0.39, 0.29) is 17.5 Å². The fourth-order valence-electron chi connectivity index (χ4n) is 0.791. The van der Waals surface area contributed by atoms with Gasteiger partial charge >= 0.3 is 5.97 Å². The predicted octanol–water partition coefficient (Wildman–Crippen LogP) is 1.81. The Hall–Kier alpha value is -1.41. The van der Waals surface area contributed by atoms with Crippen LogP contribution in [-0.4, -0.2) is 18.3 Å². The van der Waals surface area contributed by atoms with Crippen LogP contribution in [0.3, 0.4) is 0 Å². The Bertz CT molecular complexity index is 353. The molecule has 0 bridgehead atoms. The van der Waals surface area contributed by atoms with Crippen molar-refractivity contribution in [1.82, 2.24) is 0 Å². The van der Waals surface area contributed by atoms with Gasteiger partial charge in [-0.15, -0.1) is 0 Å². The molecule has 0 aliphatic rings. The molecular formula is C9H9NO3S. The largest absolute Gasteiger partial charge is 0.465 e.